The lowest BCUT2D eigenvalue weighted by Gasteiger charge is -2.42. The van der Waals surface area contributed by atoms with E-state index in [2.05, 4.69) is 66.7 Å². The summed E-state index contributed by atoms with van der Waals surface area (Å²) >= 11 is 0. The Balaban J connectivity index is 1.60. The van der Waals surface area contributed by atoms with Crippen LogP contribution < -0.4 is 10.6 Å². The lowest BCUT2D eigenvalue weighted by atomic mass is 10.0. The fourth-order valence-electron chi connectivity index (χ4n) is 6.08. The van der Waals surface area contributed by atoms with Crippen molar-refractivity contribution in [2.75, 3.05) is 6.61 Å². The van der Waals surface area contributed by atoms with Gasteiger partial charge in [0.1, 0.15) is 0 Å². The van der Waals surface area contributed by atoms with E-state index < -0.39 is 18.6 Å². The first kappa shape index (κ1) is 38.2. The summed E-state index contributed by atoms with van der Waals surface area (Å²) in [7, 11) is -3.40. The van der Waals surface area contributed by atoms with Crippen LogP contribution in [0.5, 0.6) is 0 Å². The summed E-state index contributed by atoms with van der Waals surface area (Å²) < 4.78 is 27.6. The van der Waals surface area contributed by atoms with Crippen LogP contribution in [0.15, 0.2) is 95.6 Å². The average Bonchev–Trinajstić information content (AvgIpc) is 3.66. The van der Waals surface area contributed by atoms with Crippen molar-refractivity contribution in [1.82, 2.24) is 0 Å². The van der Waals surface area contributed by atoms with Gasteiger partial charge in [-0.25, -0.2) is 0 Å². The van der Waals surface area contributed by atoms with Gasteiger partial charge in [0.15, 0.2) is 12.5 Å². The zero-order chi connectivity index (χ0) is 33.8. The summed E-state index contributed by atoms with van der Waals surface area (Å²) in [5.41, 5.74) is 4.22. The van der Waals surface area contributed by atoms with E-state index in [0.29, 0.717) is 35.7 Å². The van der Waals surface area contributed by atoms with E-state index >= 15 is 4.57 Å². The highest BCUT2D eigenvalue weighted by molar-refractivity contribution is 7.80. The Hall–Kier alpha value is -2.23. The number of allylic oxidation sites excluding steroid dienone is 6. The number of benzene rings is 2. The maximum absolute atomic E-state index is 15.4. The van der Waals surface area contributed by atoms with E-state index in [0.717, 1.165) is 51.4 Å². The van der Waals surface area contributed by atoms with Crippen molar-refractivity contribution >= 4 is 17.8 Å². The number of aliphatic hydroxyl groups excluding tert-OH is 1. The molecule has 0 spiro atoms. The van der Waals surface area contributed by atoms with E-state index in [-0.39, 0.29) is 5.60 Å². The van der Waals surface area contributed by atoms with Crippen LogP contribution in [-0.2, 0) is 14.0 Å². The monoisotopic (exact) mass is 648 g/mol. The molecule has 1 aliphatic heterocycles. The zero-order valence-electron chi connectivity index (χ0n) is 29.9. The van der Waals surface area contributed by atoms with Gasteiger partial charge in [0.05, 0.1) is 17.8 Å². The van der Waals surface area contributed by atoms with Crippen molar-refractivity contribution in [2.45, 2.75) is 136 Å². The highest BCUT2D eigenvalue weighted by Gasteiger charge is 2.52. The topological polar surface area (TPSA) is 59.1 Å². The van der Waals surface area contributed by atoms with Crippen LogP contribution in [0.3, 0.4) is 0 Å². The van der Waals surface area contributed by atoms with E-state index in [1.165, 1.54) is 16.7 Å². The van der Waals surface area contributed by atoms with E-state index in [1.807, 2.05) is 67.6 Å². The normalized spacial score (nSPS) is 19.3. The molecule has 1 aliphatic rings. The van der Waals surface area contributed by atoms with Gasteiger partial charge in [0.2, 0.25) is 0 Å². The third kappa shape index (κ3) is 10.9. The molecule has 5 heteroatoms. The standard InChI is InChI=1S/C41H61O4P/c1-32(2)30-31-44-41(8,46(43,36-22-11-9-12-23-36)37-24-13-10-14-25-37)38(42)28-26-34(4)19-16-15-18-33(3)20-17-21-35(5)27-29-39-40(6,7)45-39/h9-14,18-19,21-25,32,38-39,42H,15-17,20,26-31H2,1-8H3/b33-18+,34-19+,35-21+. The maximum Gasteiger partial charge on any atom is 0.175 e. The summed E-state index contributed by atoms with van der Waals surface area (Å²) in [4.78, 5) is 0. The van der Waals surface area contributed by atoms with E-state index in [4.69, 9.17) is 9.47 Å². The molecule has 254 valence electrons. The fraction of sp³-hybridized carbons (Fsp3) is 0.561. The molecule has 0 aliphatic carbocycles. The first-order chi connectivity index (χ1) is 21.8. The molecule has 0 amide bonds. The summed E-state index contributed by atoms with van der Waals surface area (Å²) in [5, 5.41) is 12.0. The molecule has 2 aromatic carbocycles. The van der Waals surface area contributed by atoms with Crippen LogP contribution in [-0.4, -0.2) is 34.9 Å². The molecule has 3 atom stereocenters. The molecule has 46 heavy (non-hydrogen) atoms. The Morgan fingerprint density at radius 3 is 1.83 bits per heavy atom. The fourth-order valence-corrected chi connectivity index (χ4v) is 9.41. The minimum atomic E-state index is -3.40. The lowest BCUT2D eigenvalue weighted by molar-refractivity contribution is -0.0628. The number of epoxide rings is 1. The van der Waals surface area contributed by atoms with Gasteiger partial charge in [-0.3, -0.25) is 0 Å². The largest absolute Gasteiger partial charge is 0.390 e. The molecule has 2 aromatic rings. The van der Waals surface area contributed by atoms with E-state index in [9.17, 15) is 5.11 Å². The van der Waals surface area contributed by atoms with Gasteiger partial charge in [-0.1, -0.05) is 109 Å². The first-order valence-electron chi connectivity index (χ1n) is 17.5. The van der Waals surface area contributed by atoms with Gasteiger partial charge >= 0.3 is 0 Å². The van der Waals surface area contributed by atoms with Crippen molar-refractivity contribution in [3.63, 3.8) is 0 Å². The van der Waals surface area contributed by atoms with Crippen LogP contribution in [0, 0.1) is 5.92 Å². The summed E-state index contributed by atoms with van der Waals surface area (Å²) in [6, 6.07) is 19.2. The number of hydrogen-bond acceptors (Lipinski definition) is 4. The molecule has 1 heterocycles. The molecule has 0 aromatic heterocycles. The SMILES string of the molecule is C/C(=C\CC/C=C(\C)CCC(O)C(C)(OCCC(C)C)P(=O)(c1ccccc1)c1ccccc1)CC/C=C(\C)CCC1OC1(C)C. The van der Waals surface area contributed by atoms with Crippen LogP contribution in [0.1, 0.15) is 113 Å². The number of unbranched alkanes of at least 4 members (excludes halogenated alkanes) is 1. The van der Waals surface area contributed by atoms with Gasteiger partial charge in [-0.2, -0.15) is 0 Å². The van der Waals surface area contributed by atoms with Gasteiger partial charge in [-0.15, -0.1) is 0 Å². The van der Waals surface area contributed by atoms with Crippen LogP contribution in [0.4, 0.5) is 0 Å². The van der Waals surface area contributed by atoms with Crippen LogP contribution in [0.25, 0.3) is 0 Å². The summed E-state index contributed by atoms with van der Waals surface area (Å²) in [5.74, 6) is 0.443. The predicted octanol–water partition coefficient (Wildman–Crippen LogP) is 10.3. The molecule has 3 rings (SSSR count). The number of ether oxygens (including phenoxy) is 2. The Kier molecular flexibility index (Phi) is 14.8. The number of hydrogen-bond donors (Lipinski definition) is 1. The van der Waals surface area contributed by atoms with Crippen molar-refractivity contribution in [2.24, 2.45) is 5.92 Å². The molecular weight excluding hydrogens is 587 g/mol. The zero-order valence-corrected chi connectivity index (χ0v) is 30.8. The quantitative estimate of drug-likeness (QED) is 0.0672. The molecule has 1 N–H and O–H groups in total. The Bertz CT molecular complexity index is 1300. The van der Waals surface area contributed by atoms with Crippen molar-refractivity contribution < 1.29 is 19.1 Å². The van der Waals surface area contributed by atoms with Gasteiger partial charge in [-0.05, 0) is 105 Å². The highest BCUT2D eigenvalue weighted by atomic mass is 31.2. The number of rotatable bonds is 20. The lowest BCUT2D eigenvalue weighted by Crippen LogP contribution is -2.47. The summed E-state index contributed by atoms with van der Waals surface area (Å²) in [6.07, 6.45) is 15.0. The minimum Gasteiger partial charge on any atom is -0.390 e. The smallest absolute Gasteiger partial charge is 0.175 e. The second-order valence-electron chi connectivity index (χ2n) is 14.4. The second kappa shape index (κ2) is 17.8. The highest BCUT2D eigenvalue weighted by Crippen LogP contribution is 2.59. The van der Waals surface area contributed by atoms with Gasteiger partial charge in [0.25, 0.3) is 0 Å². The Morgan fingerprint density at radius 2 is 1.33 bits per heavy atom. The molecule has 0 radical (unpaired) electrons. The Morgan fingerprint density at radius 1 is 0.848 bits per heavy atom. The van der Waals surface area contributed by atoms with Gasteiger partial charge in [0, 0.05) is 17.2 Å². The Labute approximate surface area is 280 Å². The van der Waals surface area contributed by atoms with E-state index in [1.54, 1.807) is 0 Å². The van der Waals surface area contributed by atoms with Crippen molar-refractivity contribution in [1.29, 1.82) is 0 Å². The second-order valence-corrected chi connectivity index (χ2v) is 17.6. The minimum absolute atomic E-state index is 0.0865. The predicted molar refractivity (Wildman–Crippen MR) is 197 cm³/mol. The van der Waals surface area contributed by atoms with Crippen molar-refractivity contribution in [3.05, 3.63) is 95.6 Å². The van der Waals surface area contributed by atoms with Gasteiger partial charge < -0.3 is 19.1 Å². The molecular formula is C41H61O4P. The third-order valence-electron chi connectivity index (χ3n) is 9.53. The van der Waals surface area contributed by atoms with Crippen molar-refractivity contribution in [3.8, 4) is 0 Å². The number of aliphatic hydroxyl groups is 1. The molecule has 0 saturated carbocycles. The third-order valence-corrected chi connectivity index (χ3v) is 13.3. The summed E-state index contributed by atoms with van der Waals surface area (Å²) in [6.45, 7) is 17.6. The molecule has 4 nitrogen and oxygen atoms in total. The molecule has 3 unspecified atom stereocenters. The molecule has 1 saturated heterocycles. The van der Waals surface area contributed by atoms with Crippen LogP contribution in [0.2, 0.25) is 0 Å². The molecule has 0 bridgehead atoms. The molecule has 1 fully saturated rings. The maximum atomic E-state index is 15.4. The van der Waals surface area contributed by atoms with Crippen LogP contribution >= 0.6 is 7.14 Å². The first-order valence-corrected chi connectivity index (χ1v) is 19.2. The average molecular weight is 649 g/mol.